The van der Waals surface area contributed by atoms with E-state index in [-0.39, 0.29) is 6.04 Å². The molecular formula is C16H20N2O. The maximum absolute atomic E-state index is 5.22. The van der Waals surface area contributed by atoms with E-state index in [1.54, 1.807) is 13.3 Å². The molecule has 1 atom stereocenters. The van der Waals surface area contributed by atoms with Crippen LogP contribution in [0.3, 0.4) is 0 Å². The second-order valence-electron chi connectivity index (χ2n) is 4.59. The van der Waals surface area contributed by atoms with E-state index in [1.807, 2.05) is 18.3 Å². The van der Waals surface area contributed by atoms with Gasteiger partial charge in [0, 0.05) is 32.1 Å². The SMILES string of the molecule is COCc1ccccc1CN[C@@H](C)c1cccnc1. The highest BCUT2D eigenvalue weighted by atomic mass is 16.5. The van der Waals surface area contributed by atoms with Crippen molar-refractivity contribution in [3.05, 3.63) is 65.5 Å². The van der Waals surface area contributed by atoms with Crippen LogP contribution in [0, 0.1) is 0 Å². The second-order valence-corrected chi connectivity index (χ2v) is 4.59. The van der Waals surface area contributed by atoms with E-state index in [1.165, 1.54) is 16.7 Å². The molecule has 2 aromatic rings. The van der Waals surface area contributed by atoms with Crippen LogP contribution >= 0.6 is 0 Å². The normalized spacial score (nSPS) is 12.3. The molecule has 19 heavy (non-hydrogen) atoms. The van der Waals surface area contributed by atoms with Gasteiger partial charge in [0.1, 0.15) is 0 Å². The highest BCUT2D eigenvalue weighted by molar-refractivity contribution is 5.26. The van der Waals surface area contributed by atoms with E-state index >= 15 is 0 Å². The van der Waals surface area contributed by atoms with Crippen LogP contribution in [-0.2, 0) is 17.9 Å². The molecule has 3 nitrogen and oxygen atoms in total. The van der Waals surface area contributed by atoms with Crippen LogP contribution in [-0.4, -0.2) is 12.1 Å². The molecule has 1 heterocycles. The summed E-state index contributed by atoms with van der Waals surface area (Å²) in [6.07, 6.45) is 3.70. The van der Waals surface area contributed by atoms with Crippen molar-refractivity contribution in [1.29, 1.82) is 0 Å². The minimum Gasteiger partial charge on any atom is -0.380 e. The monoisotopic (exact) mass is 256 g/mol. The Morgan fingerprint density at radius 1 is 1.16 bits per heavy atom. The fourth-order valence-corrected chi connectivity index (χ4v) is 2.04. The Labute approximate surface area is 114 Å². The molecule has 1 aromatic carbocycles. The number of hydrogen-bond donors (Lipinski definition) is 1. The first-order valence-electron chi connectivity index (χ1n) is 6.50. The van der Waals surface area contributed by atoms with Crippen LogP contribution in [0.2, 0.25) is 0 Å². The van der Waals surface area contributed by atoms with E-state index in [0.717, 1.165) is 6.54 Å². The topological polar surface area (TPSA) is 34.1 Å². The van der Waals surface area contributed by atoms with Crippen molar-refractivity contribution in [2.24, 2.45) is 0 Å². The molecule has 0 aliphatic heterocycles. The average Bonchev–Trinajstić information content (AvgIpc) is 2.47. The number of pyridine rings is 1. The highest BCUT2D eigenvalue weighted by Gasteiger charge is 2.06. The fraction of sp³-hybridized carbons (Fsp3) is 0.312. The summed E-state index contributed by atoms with van der Waals surface area (Å²) < 4.78 is 5.22. The Kier molecular flexibility index (Phi) is 5.07. The molecule has 0 radical (unpaired) electrons. The maximum atomic E-state index is 5.22. The summed E-state index contributed by atoms with van der Waals surface area (Å²) >= 11 is 0. The Hall–Kier alpha value is -1.71. The smallest absolute Gasteiger partial charge is 0.0716 e. The quantitative estimate of drug-likeness (QED) is 0.862. The van der Waals surface area contributed by atoms with Crippen LogP contribution in [0.15, 0.2) is 48.8 Å². The lowest BCUT2D eigenvalue weighted by Crippen LogP contribution is -2.19. The van der Waals surface area contributed by atoms with Crippen molar-refractivity contribution in [2.45, 2.75) is 26.1 Å². The molecule has 0 bridgehead atoms. The lowest BCUT2D eigenvalue weighted by molar-refractivity contribution is 0.184. The molecule has 2 rings (SSSR count). The Bertz CT molecular complexity index is 499. The van der Waals surface area contributed by atoms with Gasteiger partial charge in [0.05, 0.1) is 6.61 Å². The summed E-state index contributed by atoms with van der Waals surface area (Å²) in [5, 5.41) is 3.52. The van der Waals surface area contributed by atoms with Gasteiger partial charge in [-0.1, -0.05) is 30.3 Å². The zero-order chi connectivity index (χ0) is 13.5. The van der Waals surface area contributed by atoms with E-state index < -0.39 is 0 Å². The standard InChI is InChI=1S/C16H20N2O/c1-13(14-8-5-9-17-10-14)18-11-15-6-3-4-7-16(15)12-19-2/h3-10,13,18H,11-12H2,1-2H3/t13-/m0/s1. The maximum Gasteiger partial charge on any atom is 0.0716 e. The third kappa shape index (κ3) is 3.88. The van der Waals surface area contributed by atoms with Crippen LogP contribution < -0.4 is 5.32 Å². The van der Waals surface area contributed by atoms with Gasteiger partial charge in [0.15, 0.2) is 0 Å². The Morgan fingerprint density at radius 3 is 2.63 bits per heavy atom. The van der Waals surface area contributed by atoms with Gasteiger partial charge in [0.2, 0.25) is 0 Å². The first-order chi connectivity index (χ1) is 9.31. The molecule has 0 aliphatic rings. The second kappa shape index (κ2) is 7.02. The van der Waals surface area contributed by atoms with Crippen molar-refractivity contribution in [1.82, 2.24) is 10.3 Å². The molecule has 0 aliphatic carbocycles. The third-order valence-corrected chi connectivity index (χ3v) is 3.20. The number of benzene rings is 1. The molecule has 0 fully saturated rings. The first-order valence-corrected chi connectivity index (χ1v) is 6.50. The molecule has 0 saturated carbocycles. The van der Waals surface area contributed by atoms with Gasteiger partial charge in [0.25, 0.3) is 0 Å². The number of aromatic nitrogens is 1. The van der Waals surface area contributed by atoms with E-state index in [4.69, 9.17) is 4.74 Å². The molecule has 3 heteroatoms. The summed E-state index contributed by atoms with van der Waals surface area (Å²) in [6, 6.07) is 12.7. The predicted molar refractivity (Wildman–Crippen MR) is 76.6 cm³/mol. The predicted octanol–water partition coefficient (Wildman–Crippen LogP) is 3.08. The van der Waals surface area contributed by atoms with Crippen molar-refractivity contribution < 1.29 is 4.74 Å². The lowest BCUT2D eigenvalue weighted by atomic mass is 10.1. The minimum absolute atomic E-state index is 0.282. The number of nitrogens with one attached hydrogen (secondary N) is 1. The van der Waals surface area contributed by atoms with Gasteiger partial charge in [-0.25, -0.2) is 0 Å². The van der Waals surface area contributed by atoms with Crippen LogP contribution in [0.4, 0.5) is 0 Å². The highest BCUT2D eigenvalue weighted by Crippen LogP contribution is 2.14. The largest absolute Gasteiger partial charge is 0.380 e. The van der Waals surface area contributed by atoms with Gasteiger partial charge in [-0.15, -0.1) is 0 Å². The molecule has 0 saturated heterocycles. The zero-order valence-electron chi connectivity index (χ0n) is 11.5. The summed E-state index contributed by atoms with van der Waals surface area (Å²) in [4.78, 5) is 4.15. The summed E-state index contributed by atoms with van der Waals surface area (Å²) in [5.74, 6) is 0. The van der Waals surface area contributed by atoms with Gasteiger partial charge >= 0.3 is 0 Å². The molecule has 1 N–H and O–H groups in total. The first kappa shape index (κ1) is 13.7. The Morgan fingerprint density at radius 2 is 1.95 bits per heavy atom. The molecule has 0 spiro atoms. The van der Waals surface area contributed by atoms with Crippen molar-refractivity contribution >= 4 is 0 Å². The van der Waals surface area contributed by atoms with Gasteiger partial charge in [-0.2, -0.15) is 0 Å². The van der Waals surface area contributed by atoms with Gasteiger partial charge in [-0.05, 0) is 29.7 Å². The molecular weight excluding hydrogens is 236 g/mol. The van der Waals surface area contributed by atoms with E-state index in [2.05, 4.69) is 41.5 Å². The Balaban J connectivity index is 1.99. The number of hydrogen-bond acceptors (Lipinski definition) is 3. The zero-order valence-corrected chi connectivity index (χ0v) is 11.5. The van der Waals surface area contributed by atoms with E-state index in [0.29, 0.717) is 6.61 Å². The minimum atomic E-state index is 0.282. The van der Waals surface area contributed by atoms with Crippen molar-refractivity contribution in [3.63, 3.8) is 0 Å². The van der Waals surface area contributed by atoms with E-state index in [9.17, 15) is 0 Å². The molecule has 0 amide bonds. The van der Waals surface area contributed by atoms with Crippen LogP contribution in [0.5, 0.6) is 0 Å². The average molecular weight is 256 g/mol. The molecule has 0 unspecified atom stereocenters. The molecule has 100 valence electrons. The van der Waals surface area contributed by atoms with Crippen molar-refractivity contribution in [2.75, 3.05) is 7.11 Å². The number of ether oxygens (including phenoxy) is 1. The fourth-order valence-electron chi connectivity index (χ4n) is 2.04. The van der Waals surface area contributed by atoms with Crippen molar-refractivity contribution in [3.8, 4) is 0 Å². The van der Waals surface area contributed by atoms with Crippen LogP contribution in [0.25, 0.3) is 0 Å². The number of nitrogens with zero attached hydrogens (tertiary/aromatic N) is 1. The van der Waals surface area contributed by atoms with Gasteiger partial charge in [-0.3, -0.25) is 4.98 Å². The number of methoxy groups -OCH3 is 1. The lowest BCUT2D eigenvalue weighted by Gasteiger charge is -2.15. The number of rotatable bonds is 6. The van der Waals surface area contributed by atoms with Gasteiger partial charge < -0.3 is 10.1 Å². The summed E-state index contributed by atoms with van der Waals surface area (Å²) in [7, 11) is 1.72. The van der Waals surface area contributed by atoms with Crippen LogP contribution in [0.1, 0.15) is 29.7 Å². The molecule has 1 aromatic heterocycles. The third-order valence-electron chi connectivity index (χ3n) is 3.20. The summed E-state index contributed by atoms with van der Waals surface area (Å²) in [5.41, 5.74) is 3.71. The summed E-state index contributed by atoms with van der Waals surface area (Å²) in [6.45, 7) is 3.63.